The summed E-state index contributed by atoms with van der Waals surface area (Å²) in [6, 6.07) is 11.8. The van der Waals surface area contributed by atoms with Crippen molar-refractivity contribution >= 4 is 29.5 Å². The van der Waals surface area contributed by atoms with Crippen LogP contribution in [0.2, 0.25) is 0 Å². The topological polar surface area (TPSA) is 105 Å². The van der Waals surface area contributed by atoms with Crippen molar-refractivity contribution in [1.82, 2.24) is 10.2 Å². The molecule has 32 heavy (non-hydrogen) atoms. The molecule has 2 aromatic rings. The largest absolute Gasteiger partial charge is 0.449 e. The summed E-state index contributed by atoms with van der Waals surface area (Å²) in [5.41, 5.74) is 5.85. The second-order valence-corrected chi connectivity index (χ2v) is 7.75. The Labute approximate surface area is 185 Å². The Bertz CT molecular complexity index is 1140. The van der Waals surface area contributed by atoms with Gasteiger partial charge in [0.2, 0.25) is 5.91 Å². The van der Waals surface area contributed by atoms with Crippen LogP contribution in [-0.2, 0) is 19.1 Å². The van der Waals surface area contributed by atoms with E-state index >= 15 is 0 Å². The fourth-order valence-corrected chi connectivity index (χ4v) is 4.06. The van der Waals surface area contributed by atoms with Crippen molar-refractivity contribution in [2.75, 3.05) is 25.5 Å². The second-order valence-electron chi connectivity index (χ2n) is 7.75. The molecule has 0 saturated carbocycles. The average molecular weight is 433 g/mol. The van der Waals surface area contributed by atoms with Crippen molar-refractivity contribution in [2.24, 2.45) is 0 Å². The molecule has 1 atom stereocenters. The van der Waals surface area contributed by atoms with Crippen LogP contribution in [0.5, 0.6) is 0 Å². The number of rotatable bonds is 6. The van der Waals surface area contributed by atoms with Gasteiger partial charge in [0, 0.05) is 43.8 Å². The molecule has 8 nitrogen and oxygen atoms in total. The number of ether oxygens (including phenoxy) is 1. The van der Waals surface area contributed by atoms with Crippen LogP contribution in [0.15, 0.2) is 48.6 Å². The van der Waals surface area contributed by atoms with E-state index in [0.29, 0.717) is 5.69 Å². The molecule has 2 aromatic carbocycles. The highest BCUT2D eigenvalue weighted by Crippen LogP contribution is 2.46. The third-order valence-corrected chi connectivity index (χ3v) is 5.63. The van der Waals surface area contributed by atoms with Gasteiger partial charge in [0.25, 0.3) is 11.8 Å². The number of anilines is 1. The SMILES string of the molecule is CNC(=O)OCC1c2cc(C)ccc2-c2ccc(NC(=O)CCN3C(=O)C=CC3=O)cc21. The molecule has 4 amide bonds. The molecule has 164 valence electrons. The van der Waals surface area contributed by atoms with E-state index < -0.39 is 17.9 Å². The molecule has 0 fully saturated rings. The molecule has 4 rings (SSSR count). The van der Waals surface area contributed by atoms with Gasteiger partial charge in [-0.2, -0.15) is 0 Å². The summed E-state index contributed by atoms with van der Waals surface area (Å²) in [7, 11) is 1.51. The van der Waals surface area contributed by atoms with Gasteiger partial charge in [-0.1, -0.05) is 29.8 Å². The van der Waals surface area contributed by atoms with Crippen LogP contribution in [0, 0.1) is 6.92 Å². The van der Waals surface area contributed by atoms with Crippen LogP contribution in [0.25, 0.3) is 11.1 Å². The van der Waals surface area contributed by atoms with Crippen LogP contribution >= 0.6 is 0 Å². The van der Waals surface area contributed by atoms with Crippen molar-refractivity contribution in [1.29, 1.82) is 0 Å². The minimum absolute atomic E-state index is 0.00112. The minimum Gasteiger partial charge on any atom is -0.449 e. The predicted molar refractivity (Wildman–Crippen MR) is 118 cm³/mol. The van der Waals surface area contributed by atoms with Gasteiger partial charge in [-0.3, -0.25) is 19.3 Å². The Hall–Kier alpha value is -3.94. The van der Waals surface area contributed by atoms with Crippen LogP contribution in [0.1, 0.15) is 29.0 Å². The molecule has 2 aliphatic rings. The third-order valence-electron chi connectivity index (χ3n) is 5.63. The summed E-state index contributed by atoms with van der Waals surface area (Å²) < 4.78 is 5.35. The van der Waals surface area contributed by atoms with E-state index in [0.717, 1.165) is 32.7 Å². The van der Waals surface area contributed by atoms with E-state index in [4.69, 9.17) is 4.74 Å². The van der Waals surface area contributed by atoms with Crippen molar-refractivity contribution in [3.05, 3.63) is 65.2 Å². The summed E-state index contributed by atoms with van der Waals surface area (Å²) in [5, 5.41) is 5.29. The maximum Gasteiger partial charge on any atom is 0.406 e. The van der Waals surface area contributed by atoms with Crippen LogP contribution in [0.4, 0.5) is 10.5 Å². The maximum atomic E-state index is 12.4. The van der Waals surface area contributed by atoms with Gasteiger partial charge in [0.1, 0.15) is 6.61 Å². The molecule has 0 aromatic heterocycles. The molecule has 1 unspecified atom stereocenters. The van der Waals surface area contributed by atoms with Crippen LogP contribution in [-0.4, -0.2) is 48.9 Å². The number of aryl methyl sites for hydroxylation is 1. The summed E-state index contributed by atoms with van der Waals surface area (Å²) in [6.07, 6.45) is 1.89. The highest BCUT2D eigenvalue weighted by atomic mass is 16.5. The first-order chi connectivity index (χ1) is 15.4. The lowest BCUT2D eigenvalue weighted by Crippen LogP contribution is -2.33. The van der Waals surface area contributed by atoms with Crippen LogP contribution in [0.3, 0.4) is 0 Å². The zero-order valence-corrected chi connectivity index (χ0v) is 17.8. The summed E-state index contributed by atoms with van der Waals surface area (Å²) in [6.45, 7) is 2.21. The van der Waals surface area contributed by atoms with Crippen molar-refractivity contribution < 1.29 is 23.9 Å². The van der Waals surface area contributed by atoms with E-state index in [1.165, 1.54) is 19.2 Å². The first-order valence-electron chi connectivity index (χ1n) is 10.3. The van der Waals surface area contributed by atoms with Crippen molar-refractivity contribution in [3.63, 3.8) is 0 Å². The number of hydrogen-bond acceptors (Lipinski definition) is 5. The zero-order chi connectivity index (χ0) is 22.8. The second kappa shape index (κ2) is 8.66. The number of fused-ring (bicyclic) bond motifs is 3. The lowest BCUT2D eigenvalue weighted by atomic mass is 9.96. The minimum atomic E-state index is -0.502. The summed E-state index contributed by atoms with van der Waals surface area (Å²) in [4.78, 5) is 48.4. The number of carbonyl (C=O) groups excluding carboxylic acids is 4. The molecule has 0 radical (unpaired) electrons. The summed E-state index contributed by atoms with van der Waals surface area (Å²) in [5.74, 6) is -1.28. The third kappa shape index (κ3) is 4.12. The Morgan fingerprint density at radius 1 is 1.00 bits per heavy atom. The number of imide groups is 1. The van der Waals surface area contributed by atoms with Gasteiger partial charge in [-0.15, -0.1) is 0 Å². The zero-order valence-electron chi connectivity index (χ0n) is 17.8. The first-order valence-corrected chi connectivity index (χ1v) is 10.3. The maximum absolute atomic E-state index is 12.4. The predicted octanol–water partition coefficient (Wildman–Crippen LogP) is 2.72. The van der Waals surface area contributed by atoms with E-state index in [1.54, 1.807) is 0 Å². The number of benzene rings is 2. The van der Waals surface area contributed by atoms with Crippen molar-refractivity contribution in [2.45, 2.75) is 19.3 Å². The molecule has 1 aliphatic heterocycles. The molecule has 0 bridgehead atoms. The normalized spacial score (nSPS) is 16.1. The molecule has 0 spiro atoms. The van der Waals surface area contributed by atoms with Crippen molar-refractivity contribution in [3.8, 4) is 11.1 Å². The van der Waals surface area contributed by atoms with Crippen LogP contribution < -0.4 is 10.6 Å². The van der Waals surface area contributed by atoms with E-state index in [2.05, 4.69) is 22.8 Å². The average Bonchev–Trinajstić information content (AvgIpc) is 3.25. The number of carbonyl (C=O) groups is 4. The molecule has 1 heterocycles. The molecular weight excluding hydrogens is 410 g/mol. The van der Waals surface area contributed by atoms with Gasteiger partial charge in [-0.05, 0) is 41.3 Å². The number of nitrogens with zero attached hydrogens (tertiary/aromatic N) is 1. The fourth-order valence-electron chi connectivity index (χ4n) is 4.06. The molecule has 0 saturated heterocycles. The smallest absolute Gasteiger partial charge is 0.406 e. The van der Waals surface area contributed by atoms with Gasteiger partial charge < -0.3 is 15.4 Å². The molecule has 8 heteroatoms. The van der Waals surface area contributed by atoms with Gasteiger partial charge >= 0.3 is 6.09 Å². The van der Waals surface area contributed by atoms with Gasteiger partial charge in [-0.25, -0.2) is 4.79 Å². The van der Waals surface area contributed by atoms with E-state index in [9.17, 15) is 19.2 Å². The Morgan fingerprint density at radius 3 is 2.34 bits per heavy atom. The highest BCUT2D eigenvalue weighted by molar-refractivity contribution is 6.13. The highest BCUT2D eigenvalue weighted by Gasteiger charge is 2.30. The lowest BCUT2D eigenvalue weighted by molar-refractivity contribution is -0.137. The Kier molecular flexibility index (Phi) is 5.77. The monoisotopic (exact) mass is 433 g/mol. The lowest BCUT2D eigenvalue weighted by Gasteiger charge is -2.16. The molecule has 2 N–H and O–H groups in total. The van der Waals surface area contributed by atoms with E-state index in [-0.39, 0.29) is 31.4 Å². The number of amides is 4. The number of alkyl carbamates (subject to hydrolysis) is 1. The molecular formula is C24H23N3O5. The number of nitrogens with one attached hydrogen (secondary N) is 2. The van der Waals surface area contributed by atoms with E-state index in [1.807, 2.05) is 31.2 Å². The standard InChI is InChI=1S/C24H23N3O5/c1-14-3-5-16-17-6-4-15(26-21(28)9-10-27-22(29)7-8-23(27)30)12-19(17)20(18(16)11-14)13-32-24(31)25-2/h3-8,11-12,20H,9-10,13H2,1-2H3,(H,25,31)(H,26,28). The fraction of sp³-hybridized carbons (Fsp3) is 0.250. The summed E-state index contributed by atoms with van der Waals surface area (Å²) >= 11 is 0. The first kappa shape index (κ1) is 21.3. The van der Waals surface area contributed by atoms with Gasteiger partial charge in [0.15, 0.2) is 0 Å². The van der Waals surface area contributed by atoms with Gasteiger partial charge in [0.05, 0.1) is 0 Å². The number of hydrogen-bond donors (Lipinski definition) is 2. The Balaban J connectivity index is 1.51. The Morgan fingerprint density at radius 2 is 1.66 bits per heavy atom. The quantitative estimate of drug-likeness (QED) is 0.682. The molecule has 1 aliphatic carbocycles.